The first-order chi connectivity index (χ1) is 4.74. The molecule has 1 heterocycles. The van der Waals surface area contributed by atoms with Gasteiger partial charge >= 0.3 is 0 Å². The first-order valence-electron chi connectivity index (χ1n) is 3.94. The summed E-state index contributed by atoms with van der Waals surface area (Å²) in [6.45, 7) is 6.63. The van der Waals surface area contributed by atoms with Crippen molar-refractivity contribution in [1.29, 1.82) is 0 Å². The molecule has 0 bridgehead atoms. The molecule has 0 radical (unpaired) electrons. The van der Waals surface area contributed by atoms with E-state index in [9.17, 15) is 0 Å². The largest absolute Gasteiger partial charge is 0.278 e. The van der Waals surface area contributed by atoms with Crippen LogP contribution in [0.25, 0.3) is 0 Å². The molecule has 0 aliphatic carbocycles. The van der Waals surface area contributed by atoms with Crippen LogP contribution in [-0.4, -0.2) is 16.8 Å². The van der Waals surface area contributed by atoms with Crippen LogP contribution in [0.1, 0.15) is 27.2 Å². The van der Waals surface area contributed by atoms with Crippen molar-refractivity contribution in [3.63, 3.8) is 0 Å². The third kappa shape index (κ3) is 1.75. The minimum Gasteiger partial charge on any atom is -0.278 e. The molecule has 0 saturated heterocycles. The highest BCUT2D eigenvalue weighted by atomic mass is 32.2. The lowest BCUT2D eigenvalue weighted by Gasteiger charge is -2.00. The van der Waals surface area contributed by atoms with Crippen molar-refractivity contribution in [2.24, 2.45) is 10.9 Å². The fourth-order valence-corrected chi connectivity index (χ4v) is 2.19. The van der Waals surface area contributed by atoms with Crippen LogP contribution in [-0.2, 0) is 0 Å². The molecule has 58 valence electrons. The van der Waals surface area contributed by atoms with Gasteiger partial charge in [0, 0.05) is 11.7 Å². The number of hydrogen-bond acceptors (Lipinski definition) is 2. The molecule has 0 spiro atoms. The van der Waals surface area contributed by atoms with Crippen molar-refractivity contribution in [2.75, 3.05) is 5.75 Å². The summed E-state index contributed by atoms with van der Waals surface area (Å²) in [5, 5.41) is 1.35. The zero-order valence-corrected chi connectivity index (χ0v) is 7.74. The Balaban J connectivity index is 2.48. The van der Waals surface area contributed by atoms with Crippen LogP contribution < -0.4 is 0 Å². The van der Waals surface area contributed by atoms with Crippen molar-refractivity contribution >= 4 is 16.8 Å². The first kappa shape index (κ1) is 8.12. The maximum atomic E-state index is 4.59. The first-order valence-corrected chi connectivity index (χ1v) is 4.93. The molecular weight excluding hydrogens is 142 g/mol. The lowest BCUT2D eigenvalue weighted by molar-refractivity contribution is 0.730. The number of aliphatic imine (C=N–C) groups is 1. The molecule has 2 heteroatoms. The summed E-state index contributed by atoms with van der Waals surface area (Å²) in [5.74, 6) is 1.85. The van der Waals surface area contributed by atoms with Crippen LogP contribution in [0, 0.1) is 5.92 Å². The lowest BCUT2D eigenvalue weighted by Crippen LogP contribution is -2.00. The zero-order chi connectivity index (χ0) is 7.56. The van der Waals surface area contributed by atoms with Gasteiger partial charge in [0.05, 0.1) is 11.1 Å². The van der Waals surface area contributed by atoms with E-state index in [1.54, 1.807) is 0 Å². The van der Waals surface area contributed by atoms with E-state index >= 15 is 0 Å². The maximum Gasteiger partial charge on any atom is 0.0705 e. The third-order valence-corrected chi connectivity index (χ3v) is 3.12. The SMILES string of the molecule is CCC1CSC(C(C)C)=N1. The molecule has 1 unspecified atom stereocenters. The molecule has 1 atom stereocenters. The minimum atomic E-state index is 0.613. The predicted octanol–water partition coefficient (Wildman–Crippen LogP) is 2.57. The van der Waals surface area contributed by atoms with Crippen LogP contribution in [0.3, 0.4) is 0 Å². The van der Waals surface area contributed by atoms with Gasteiger partial charge in [0.15, 0.2) is 0 Å². The van der Waals surface area contributed by atoms with Gasteiger partial charge in [-0.15, -0.1) is 11.8 Å². The summed E-state index contributed by atoms with van der Waals surface area (Å²) in [5.41, 5.74) is 0. The van der Waals surface area contributed by atoms with E-state index in [0.717, 1.165) is 0 Å². The Morgan fingerprint density at radius 2 is 2.40 bits per heavy atom. The smallest absolute Gasteiger partial charge is 0.0705 e. The Bertz CT molecular complexity index is 140. The van der Waals surface area contributed by atoms with Crippen LogP contribution in [0.15, 0.2) is 4.99 Å². The summed E-state index contributed by atoms with van der Waals surface area (Å²) < 4.78 is 0. The van der Waals surface area contributed by atoms with E-state index < -0.39 is 0 Å². The normalized spacial score (nSPS) is 25.6. The Hall–Kier alpha value is 0.0200. The summed E-state index contributed by atoms with van der Waals surface area (Å²) >= 11 is 1.93. The van der Waals surface area contributed by atoms with Gasteiger partial charge in [-0.05, 0) is 6.42 Å². The molecule has 0 aromatic rings. The van der Waals surface area contributed by atoms with E-state index in [1.807, 2.05) is 11.8 Å². The topological polar surface area (TPSA) is 12.4 Å². The number of thioether (sulfide) groups is 1. The summed E-state index contributed by atoms with van der Waals surface area (Å²) in [7, 11) is 0. The molecule has 1 nitrogen and oxygen atoms in total. The maximum absolute atomic E-state index is 4.59. The molecule has 0 amide bonds. The second-order valence-electron chi connectivity index (χ2n) is 3.00. The van der Waals surface area contributed by atoms with Crippen molar-refractivity contribution in [1.82, 2.24) is 0 Å². The van der Waals surface area contributed by atoms with Gasteiger partial charge in [0.1, 0.15) is 0 Å². The van der Waals surface area contributed by atoms with Crippen molar-refractivity contribution < 1.29 is 0 Å². The van der Waals surface area contributed by atoms with Crippen molar-refractivity contribution in [3.05, 3.63) is 0 Å². The highest BCUT2D eigenvalue weighted by molar-refractivity contribution is 8.14. The molecular formula is C8H15NS. The van der Waals surface area contributed by atoms with Gasteiger partial charge in [-0.25, -0.2) is 0 Å². The number of hydrogen-bond donors (Lipinski definition) is 0. The fourth-order valence-electron chi connectivity index (χ4n) is 0.961. The summed E-state index contributed by atoms with van der Waals surface area (Å²) in [6, 6.07) is 0.613. The second kappa shape index (κ2) is 3.42. The van der Waals surface area contributed by atoms with Gasteiger partial charge in [-0.1, -0.05) is 20.8 Å². The van der Waals surface area contributed by atoms with E-state index in [2.05, 4.69) is 25.8 Å². The predicted molar refractivity (Wildman–Crippen MR) is 48.8 cm³/mol. The molecule has 1 aliphatic rings. The monoisotopic (exact) mass is 157 g/mol. The molecule has 1 aliphatic heterocycles. The highest BCUT2D eigenvalue weighted by Gasteiger charge is 2.17. The fraction of sp³-hybridized carbons (Fsp3) is 0.875. The van der Waals surface area contributed by atoms with Gasteiger partial charge < -0.3 is 0 Å². The Morgan fingerprint density at radius 3 is 2.70 bits per heavy atom. The minimum absolute atomic E-state index is 0.613. The molecule has 0 aromatic carbocycles. The van der Waals surface area contributed by atoms with Gasteiger partial charge in [-0.3, -0.25) is 4.99 Å². The second-order valence-corrected chi connectivity index (χ2v) is 4.04. The van der Waals surface area contributed by atoms with Gasteiger partial charge in [0.25, 0.3) is 0 Å². The molecule has 0 fully saturated rings. The standard InChI is InChI=1S/C8H15NS/c1-4-7-5-10-8(9-7)6(2)3/h6-7H,4-5H2,1-3H3. The van der Waals surface area contributed by atoms with Crippen LogP contribution in [0.5, 0.6) is 0 Å². The van der Waals surface area contributed by atoms with Gasteiger partial charge in [0.2, 0.25) is 0 Å². The quantitative estimate of drug-likeness (QED) is 0.600. The highest BCUT2D eigenvalue weighted by Crippen LogP contribution is 2.24. The van der Waals surface area contributed by atoms with Crippen LogP contribution >= 0.6 is 11.8 Å². The van der Waals surface area contributed by atoms with Crippen molar-refractivity contribution in [3.8, 4) is 0 Å². The van der Waals surface area contributed by atoms with E-state index in [0.29, 0.717) is 12.0 Å². The Kier molecular flexibility index (Phi) is 2.78. The average Bonchev–Trinajstić information content (AvgIpc) is 2.34. The van der Waals surface area contributed by atoms with Crippen molar-refractivity contribution in [2.45, 2.75) is 33.2 Å². The van der Waals surface area contributed by atoms with Crippen LogP contribution in [0.2, 0.25) is 0 Å². The number of nitrogens with zero attached hydrogens (tertiary/aromatic N) is 1. The van der Waals surface area contributed by atoms with Gasteiger partial charge in [-0.2, -0.15) is 0 Å². The van der Waals surface area contributed by atoms with E-state index in [-0.39, 0.29) is 0 Å². The molecule has 0 aromatic heterocycles. The zero-order valence-electron chi connectivity index (χ0n) is 6.92. The average molecular weight is 157 g/mol. The van der Waals surface area contributed by atoms with E-state index in [1.165, 1.54) is 17.2 Å². The lowest BCUT2D eigenvalue weighted by atomic mass is 10.2. The molecule has 0 N–H and O–H groups in total. The Morgan fingerprint density at radius 1 is 1.70 bits per heavy atom. The Labute approximate surface area is 67.3 Å². The molecule has 1 rings (SSSR count). The summed E-state index contributed by atoms with van der Waals surface area (Å²) in [4.78, 5) is 4.59. The van der Waals surface area contributed by atoms with Crippen LogP contribution in [0.4, 0.5) is 0 Å². The molecule has 10 heavy (non-hydrogen) atoms. The number of rotatable bonds is 2. The molecule has 0 saturated carbocycles. The summed E-state index contributed by atoms with van der Waals surface area (Å²) in [6.07, 6.45) is 1.20. The van der Waals surface area contributed by atoms with E-state index in [4.69, 9.17) is 0 Å². The third-order valence-electron chi connectivity index (χ3n) is 1.70.